The van der Waals surface area contributed by atoms with E-state index in [1.165, 1.54) is 51.4 Å². The number of hydrogen-bond donors (Lipinski definition) is 0. The Bertz CT molecular complexity index is 504. The van der Waals surface area contributed by atoms with Crippen LogP contribution in [0.2, 0.25) is 0 Å². The van der Waals surface area contributed by atoms with E-state index in [2.05, 4.69) is 50.3 Å². The SMILES string of the molecule is C=CC(=O)OCCOC(=O)C=C.CCCCC(CC)COCCOCCOCCOCC(CC)CCCC. The molecule has 8 nitrogen and oxygen atoms in total. The largest absolute Gasteiger partial charge is 0.459 e. The van der Waals surface area contributed by atoms with Gasteiger partial charge in [-0.3, -0.25) is 0 Å². The number of carbonyl (C=O) groups excluding carboxylic acids is 2. The zero-order valence-corrected chi connectivity index (χ0v) is 24.7. The van der Waals surface area contributed by atoms with Gasteiger partial charge in [0.1, 0.15) is 13.2 Å². The number of rotatable bonds is 26. The molecule has 0 fully saturated rings. The minimum absolute atomic E-state index is 0.0322. The molecule has 0 aromatic rings. The zero-order valence-electron chi connectivity index (χ0n) is 24.7. The molecule has 0 N–H and O–H groups in total. The lowest BCUT2D eigenvalue weighted by Crippen LogP contribution is -2.15. The highest BCUT2D eigenvalue weighted by Gasteiger charge is 2.06. The number of hydrogen-bond acceptors (Lipinski definition) is 8. The van der Waals surface area contributed by atoms with Crippen LogP contribution in [0.4, 0.5) is 0 Å². The van der Waals surface area contributed by atoms with Crippen molar-refractivity contribution in [2.75, 3.05) is 66.1 Å². The first kappa shape index (κ1) is 38.4. The molecular formula is C30H56O8. The molecule has 2 unspecified atom stereocenters. The van der Waals surface area contributed by atoms with Crippen LogP contribution in [-0.2, 0) is 38.0 Å². The molecule has 0 aliphatic rings. The lowest BCUT2D eigenvalue weighted by atomic mass is 10.0. The molecule has 38 heavy (non-hydrogen) atoms. The predicted octanol–water partition coefficient (Wildman–Crippen LogP) is 5.93. The van der Waals surface area contributed by atoms with Crippen LogP contribution in [0.25, 0.3) is 0 Å². The Morgan fingerprint density at radius 1 is 0.579 bits per heavy atom. The maximum atomic E-state index is 10.4. The molecule has 0 saturated carbocycles. The Morgan fingerprint density at radius 3 is 1.21 bits per heavy atom. The maximum Gasteiger partial charge on any atom is 0.330 e. The summed E-state index contributed by atoms with van der Waals surface area (Å²) in [6, 6.07) is 0. The van der Waals surface area contributed by atoms with Crippen LogP contribution in [0.1, 0.15) is 79.1 Å². The monoisotopic (exact) mass is 544 g/mol. The van der Waals surface area contributed by atoms with Gasteiger partial charge in [0, 0.05) is 25.4 Å². The first-order valence-corrected chi connectivity index (χ1v) is 14.4. The van der Waals surface area contributed by atoms with Gasteiger partial charge in [-0.05, 0) is 24.7 Å². The molecular weight excluding hydrogens is 488 g/mol. The summed E-state index contributed by atoms with van der Waals surface area (Å²) in [5.41, 5.74) is 0. The standard InChI is InChI=1S/C22H46O4.C8H10O4/c1-5-9-11-21(7-3)19-25-17-15-23-13-14-24-16-18-26-20-22(8-4)12-10-6-2;1-3-7(9)11-5-6-12-8(10)4-2/h21-22H,5-20H2,1-4H3;3-4H,1-2,5-6H2. The minimum atomic E-state index is -0.537. The molecule has 0 bridgehead atoms. The molecule has 8 heteroatoms. The first-order chi connectivity index (χ1) is 18.5. The summed E-state index contributed by atoms with van der Waals surface area (Å²) in [4.78, 5) is 20.9. The Balaban J connectivity index is 0. The lowest BCUT2D eigenvalue weighted by Gasteiger charge is -2.15. The molecule has 0 aromatic carbocycles. The summed E-state index contributed by atoms with van der Waals surface area (Å²) in [5.74, 6) is 0.328. The van der Waals surface area contributed by atoms with Gasteiger partial charge in [-0.15, -0.1) is 0 Å². The maximum absolute atomic E-state index is 10.4. The van der Waals surface area contributed by atoms with E-state index in [0.29, 0.717) is 51.5 Å². The molecule has 0 radical (unpaired) electrons. The molecule has 2 atom stereocenters. The Labute approximate surface area is 232 Å². The van der Waals surface area contributed by atoms with Crippen LogP contribution in [0.5, 0.6) is 0 Å². The minimum Gasteiger partial charge on any atom is -0.459 e. The Hall–Kier alpha value is -1.74. The molecule has 0 amide bonds. The second kappa shape index (κ2) is 31.5. The third-order valence-corrected chi connectivity index (χ3v) is 5.81. The summed E-state index contributed by atoms with van der Waals surface area (Å²) in [6.45, 7) is 21.1. The third-order valence-electron chi connectivity index (χ3n) is 5.81. The van der Waals surface area contributed by atoms with E-state index in [9.17, 15) is 9.59 Å². The van der Waals surface area contributed by atoms with Gasteiger partial charge in [-0.2, -0.15) is 0 Å². The predicted molar refractivity (Wildman–Crippen MR) is 152 cm³/mol. The number of unbranched alkanes of at least 4 members (excludes halogenated alkanes) is 2. The van der Waals surface area contributed by atoms with Crippen molar-refractivity contribution in [3.05, 3.63) is 25.3 Å². The van der Waals surface area contributed by atoms with Crippen molar-refractivity contribution in [2.24, 2.45) is 11.8 Å². The van der Waals surface area contributed by atoms with Crippen LogP contribution in [-0.4, -0.2) is 78.0 Å². The van der Waals surface area contributed by atoms with Crippen molar-refractivity contribution < 1.29 is 38.0 Å². The molecule has 0 aliphatic heterocycles. The average molecular weight is 545 g/mol. The fourth-order valence-electron chi connectivity index (χ4n) is 3.26. The van der Waals surface area contributed by atoms with Gasteiger partial charge in [-0.25, -0.2) is 9.59 Å². The second-order valence-electron chi connectivity index (χ2n) is 8.95. The van der Waals surface area contributed by atoms with E-state index < -0.39 is 11.9 Å². The van der Waals surface area contributed by atoms with Crippen LogP contribution in [0.15, 0.2) is 25.3 Å². The van der Waals surface area contributed by atoms with Gasteiger partial charge < -0.3 is 28.4 Å². The molecule has 0 heterocycles. The highest BCUT2D eigenvalue weighted by molar-refractivity contribution is 5.81. The number of esters is 2. The molecule has 0 rings (SSSR count). The normalized spacial score (nSPS) is 12.1. The first-order valence-electron chi connectivity index (χ1n) is 14.4. The van der Waals surface area contributed by atoms with Crippen molar-refractivity contribution in [3.8, 4) is 0 Å². The highest BCUT2D eigenvalue weighted by Crippen LogP contribution is 2.13. The zero-order chi connectivity index (χ0) is 28.7. The number of carbonyl (C=O) groups is 2. The molecule has 224 valence electrons. The van der Waals surface area contributed by atoms with Crippen LogP contribution in [0.3, 0.4) is 0 Å². The van der Waals surface area contributed by atoms with E-state index in [4.69, 9.17) is 18.9 Å². The van der Waals surface area contributed by atoms with Crippen molar-refractivity contribution in [3.63, 3.8) is 0 Å². The van der Waals surface area contributed by atoms with Gasteiger partial charge in [0.2, 0.25) is 0 Å². The van der Waals surface area contributed by atoms with Gasteiger partial charge in [-0.1, -0.05) is 79.4 Å². The quantitative estimate of drug-likeness (QED) is 0.0752. The van der Waals surface area contributed by atoms with E-state index in [1.54, 1.807) is 0 Å². The second-order valence-corrected chi connectivity index (χ2v) is 8.95. The fourth-order valence-corrected chi connectivity index (χ4v) is 3.26. The Kier molecular flexibility index (Phi) is 31.8. The van der Waals surface area contributed by atoms with E-state index in [-0.39, 0.29) is 13.2 Å². The van der Waals surface area contributed by atoms with Crippen molar-refractivity contribution in [1.29, 1.82) is 0 Å². The topological polar surface area (TPSA) is 89.5 Å². The summed E-state index contributed by atoms with van der Waals surface area (Å²) >= 11 is 0. The van der Waals surface area contributed by atoms with Crippen molar-refractivity contribution in [2.45, 2.75) is 79.1 Å². The van der Waals surface area contributed by atoms with Crippen molar-refractivity contribution in [1.82, 2.24) is 0 Å². The number of ether oxygens (including phenoxy) is 6. The van der Waals surface area contributed by atoms with Gasteiger partial charge in [0.15, 0.2) is 0 Å². The fraction of sp³-hybridized carbons (Fsp3) is 0.800. The smallest absolute Gasteiger partial charge is 0.330 e. The van der Waals surface area contributed by atoms with Crippen molar-refractivity contribution >= 4 is 11.9 Å². The summed E-state index contributed by atoms with van der Waals surface area (Å²) in [5, 5.41) is 0. The summed E-state index contributed by atoms with van der Waals surface area (Å²) in [6.07, 6.45) is 12.2. The molecule has 0 aliphatic carbocycles. The van der Waals surface area contributed by atoms with Crippen LogP contribution >= 0.6 is 0 Å². The lowest BCUT2D eigenvalue weighted by molar-refractivity contribution is -0.146. The van der Waals surface area contributed by atoms with Crippen LogP contribution < -0.4 is 0 Å². The Morgan fingerprint density at radius 2 is 0.921 bits per heavy atom. The molecule has 0 spiro atoms. The van der Waals surface area contributed by atoms with Gasteiger partial charge in [0.25, 0.3) is 0 Å². The molecule has 0 aromatic heterocycles. The summed E-state index contributed by atoms with van der Waals surface area (Å²) in [7, 11) is 0. The average Bonchev–Trinajstić information content (AvgIpc) is 2.94. The molecule has 0 saturated heterocycles. The highest BCUT2D eigenvalue weighted by atomic mass is 16.6. The van der Waals surface area contributed by atoms with E-state index in [0.717, 1.165) is 25.4 Å². The third kappa shape index (κ3) is 28.8. The summed E-state index contributed by atoms with van der Waals surface area (Å²) < 4.78 is 31.6. The van der Waals surface area contributed by atoms with Crippen LogP contribution in [0, 0.1) is 11.8 Å². The van der Waals surface area contributed by atoms with Gasteiger partial charge >= 0.3 is 11.9 Å². The van der Waals surface area contributed by atoms with E-state index in [1.807, 2.05) is 0 Å². The van der Waals surface area contributed by atoms with Gasteiger partial charge in [0.05, 0.1) is 39.6 Å². The van der Waals surface area contributed by atoms with E-state index >= 15 is 0 Å².